The van der Waals surface area contributed by atoms with Gasteiger partial charge in [-0.25, -0.2) is 0 Å². The number of rotatable bonds is 3. The first-order valence-electron chi connectivity index (χ1n) is 5.51. The second-order valence-corrected chi connectivity index (χ2v) is 3.98. The van der Waals surface area contributed by atoms with E-state index in [0.717, 1.165) is 5.56 Å². The number of hydrogen-bond donors (Lipinski definition) is 2. The van der Waals surface area contributed by atoms with Gasteiger partial charge >= 0.3 is 0 Å². The highest BCUT2D eigenvalue weighted by atomic mass is 16.5. The van der Waals surface area contributed by atoms with E-state index in [1.165, 1.54) is 0 Å². The summed E-state index contributed by atoms with van der Waals surface area (Å²) in [4.78, 5) is 11.1. The van der Waals surface area contributed by atoms with Gasteiger partial charge < -0.3 is 16.2 Å². The molecule has 0 radical (unpaired) electrons. The maximum absolute atomic E-state index is 11.1. The summed E-state index contributed by atoms with van der Waals surface area (Å²) in [6, 6.07) is 12.3. The minimum absolute atomic E-state index is 0.368. The average Bonchev–Trinajstić information content (AvgIpc) is 2.34. The minimum atomic E-state index is -0.510. The Balaban J connectivity index is 2.37. The number of hydrogen-bond acceptors (Lipinski definition) is 3. The third-order valence-electron chi connectivity index (χ3n) is 2.61. The molecule has 2 aromatic carbocycles. The quantitative estimate of drug-likeness (QED) is 0.811. The summed E-state index contributed by atoms with van der Waals surface area (Å²) in [6.45, 7) is 1.93. The van der Waals surface area contributed by atoms with Crippen molar-refractivity contribution in [2.45, 2.75) is 6.92 Å². The number of carbonyl (C=O) groups excluding carboxylic acids is 1. The van der Waals surface area contributed by atoms with Crippen LogP contribution in [0, 0.1) is 6.92 Å². The maximum Gasteiger partial charge on any atom is 0.248 e. The van der Waals surface area contributed by atoms with E-state index in [2.05, 4.69) is 0 Å². The van der Waals surface area contributed by atoms with Crippen LogP contribution in [0.15, 0.2) is 42.5 Å². The van der Waals surface area contributed by atoms with Crippen LogP contribution in [-0.2, 0) is 0 Å². The van der Waals surface area contributed by atoms with Crippen LogP contribution >= 0.6 is 0 Å². The van der Waals surface area contributed by atoms with Gasteiger partial charge in [-0.15, -0.1) is 0 Å². The monoisotopic (exact) mass is 242 g/mol. The van der Waals surface area contributed by atoms with Crippen LogP contribution < -0.4 is 16.2 Å². The number of aryl methyl sites for hydroxylation is 1. The Morgan fingerprint density at radius 3 is 2.50 bits per heavy atom. The fourth-order valence-corrected chi connectivity index (χ4v) is 1.57. The molecule has 92 valence electrons. The van der Waals surface area contributed by atoms with Gasteiger partial charge in [-0.1, -0.05) is 18.2 Å². The first kappa shape index (κ1) is 12.0. The molecule has 0 aliphatic rings. The Hall–Kier alpha value is -2.49. The summed E-state index contributed by atoms with van der Waals surface area (Å²) in [5.74, 6) is 0.621. The van der Waals surface area contributed by atoms with E-state index in [0.29, 0.717) is 22.7 Å². The third-order valence-corrected chi connectivity index (χ3v) is 2.61. The first-order valence-corrected chi connectivity index (χ1v) is 5.51. The van der Waals surface area contributed by atoms with Crippen LogP contribution in [0.2, 0.25) is 0 Å². The topological polar surface area (TPSA) is 78.3 Å². The van der Waals surface area contributed by atoms with Gasteiger partial charge in [0.15, 0.2) is 5.75 Å². The fourth-order valence-electron chi connectivity index (χ4n) is 1.57. The molecule has 1 amide bonds. The molecule has 0 fully saturated rings. The van der Waals surface area contributed by atoms with E-state index in [1.807, 2.05) is 31.2 Å². The molecule has 0 unspecified atom stereocenters. The van der Waals surface area contributed by atoms with Gasteiger partial charge in [0, 0.05) is 5.56 Å². The lowest BCUT2D eigenvalue weighted by Gasteiger charge is -2.11. The smallest absolute Gasteiger partial charge is 0.248 e. The number of amides is 1. The number of ether oxygens (including phenoxy) is 1. The molecule has 0 aromatic heterocycles. The van der Waals surface area contributed by atoms with Crippen LogP contribution in [0.5, 0.6) is 11.5 Å². The molecule has 18 heavy (non-hydrogen) atoms. The molecule has 2 rings (SSSR count). The predicted octanol–water partition coefficient (Wildman–Crippen LogP) is 2.47. The second-order valence-electron chi connectivity index (χ2n) is 3.98. The maximum atomic E-state index is 11.1. The van der Waals surface area contributed by atoms with Crippen LogP contribution in [0.1, 0.15) is 15.9 Å². The van der Waals surface area contributed by atoms with E-state index >= 15 is 0 Å². The van der Waals surface area contributed by atoms with Crippen molar-refractivity contribution in [3.63, 3.8) is 0 Å². The molecule has 4 heteroatoms. The molecule has 0 aliphatic carbocycles. The van der Waals surface area contributed by atoms with Crippen LogP contribution in [0.3, 0.4) is 0 Å². The second kappa shape index (κ2) is 4.79. The summed E-state index contributed by atoms with van der Waals surface area (Å²) < 4.78 is 5.70. The number of primary amides is 1. The Morgan fingerprint density at radius 1 is 1.11 bits per heavy atom. The minimum Gasteiger partial charge on any atom is -0.455 e. The summed E-state index contributed by atoms with van der Waals surface area (Å²) >= 11 is 0. The standard InChI is InChI=1S/C14H14N2O2/c1-9-4-2-3-5-12(9)18-13-8-10(14(16)17)6-7-11(13)15/h2-8H,15H2,1H3,(H2,16,17). The van der Waals surface area contributed by atoms with Gasteiger partial charge in [0.25, 0.3) is 0 Å². The van der Waals surface area contributed by atoms with Crippen LogP contribution in [0.25, 0.3) is 0 Å². The molecule has 2 aromatic rings. The Morgan fingerprint density at radius 2 is 1.83 bits per heavy atom. The largest absolute Gasteiger partial charge is 0.455 e. The van der Waals surface area contributed by atoms with Crippen LogP contribution in [-0.4, -0.2) is 5.91 Å². The van der Waals surface area contributed by atoms with Crippen molar-refractivity contribution in [1.82, 2.24) is 0 Å². The van der Waals surface area contributed by atoms with E-state index in [-0.39, 0.29) is 0 Å². The molecule has 0 bridgehead atoms. The van der Waals surface area contributed by atoms with E-state index in [1.54, 1.807) is 18.2 Å². The normalized spacial score (nSPS) is 10.1. The highest BCUT2D eigenvalue weighted by Crippen LogP contribution is 2.30. The highest BCUT2D eigenvalue weighted by Gasteiger charge is 2.08. The molecule has 4 nitrogen and oxygen atoms in total. The van der Waals surface area contributed by atoms with Crippen molar-refractivity contribution in [1.29, 1.82) is 0 Å². The molecular formula is C14H14N2O2. The summed E-state index contributed by atoms with van der Waals surface area (Å²) in [5.41, 5.74) is 12.8. The van der Waals surface area contributed by atoms with Crippen molar-refractivity contribution in [3.8, 4) is 11.5 Å². The number of para-hydroxylation sites is 1. The Bertz CT molecular complexity index is 594. The van der Waals surface area contributed by atoms with Gasteiger partial charge in [0.1, 0.15) is 5.75 Å². The third kappa shape index (κ3) is 2.43. The highest BCUT2D eigenvalue weighted by molar-refractivity contribution is 5.93. The van der Waals surface area contributed by atoms with E-state index in [9.17, 15) is 4.79 Å². The molecule has 0 saturated carbocycles. The number of anilines is 1. The van der Waals surface area contributed by atoms with Gasteiger partial charge in [0.05, 0.1) is 5.69 Å². The first-order chi connectivity index (χ1) is 8.58. The molecule has 0 aliphatic heterocycles. The zero-order chi connectivity index (χ0) is 13.1. The summed E-state index contributed by atoms with van der Waals surface area (Å²) in [6.07, 6.45) is 0. The average molecular weight is 242 g/mol. The number of benzene rings is 2. The van der Waals surface area contributed by atoms with Crippen molar-refractivity contribution >= 4 is 11.6 Å². The lowest BCUT2D eigenvalue weighted by Crippen LogP contribution is -2.11. The van der Waals surface area contributed by atoms with Crippen molar-refractivity contribution in [2.24, 2.45) is 5.73 Å². The molecule has 0 atom stereocenters. The molecule has 0 spiro atoms. The van der Waals surface area contributed by atoms with E-state index in [4.69, 9.17) is 16.2 Å². The van der Waals surface area contributed by atoms with Crippen molar-refractivity contribution < 1.29 is 9.53 Å². The SMILES string of the molecule is Cc1ccccc1Oc1cc(C(N)=O)ccc1N. The van der Waals surface area contributed by atoms with Crippen LogP contribution in [0.4, 0.5) is 5.69 Å². The molecule has 4 N–H and O–H groups in total. The number of carbonyl (C=O) groups is 1. The van der Waals surface area contributed by atoms with Crippen molar-refractivity contribution in [2.75, 3.05) is 5.73 Å². The van der Waals surface area contributed by atoms with Gasteiger partial charge in [0.2, 0.25) is 5.91 Å². The zero-order valence-corrected chi connectivity index (χ0v) is 10.0. The zero-order valence-electron chi connectivity index (χ0n) is 10.0. The Labute approximate surface area is 105 Å². The predicted molar refractivity (Wildman–Crippen MR) is 70.6 cm³/mol. The lowest BCUT2D eigenvalue weighted by atomic mass is 10.1. The van der Waals surface area contributed by atoms with E-state index < -0.39 is 5.91 Å². The molecule has 0 saturated heterocycles. The summed E-state index contributed by atoms with van der Waals surface area (Å²) in [7, 11) is 0. The fraction of sp³-hybridized carbons (Fsp3) is 0.0714. The molecular weight excluding hydrogens is 228 g/mol. The van der Waals surface area contributed by atoms with Gasteiger partial charge in [-0.2, -0.15) is 0 Å². The number of nitrogen functional groups attached to an aromatic ring is 1. The Kier molecular flexibility index (Phi) is 3.19. The molecule has 0 heterocycles. The van der Waals surface area contributed by atoms with Gasteiger partial charge in [-0.3, -0.25) is 4.79 Å². The van der Waals surface area contributed by atoms with Crippen molar-refractivity contribution in [3.05, 3.63) is 53.6 Å². The lowest BCUT2D eigenvalue weighted by molar-refractivity contribution is 0.1000. The number of nitrogens with two attached hydrogens (primary N) is 2. The van der Waals surface area contributed by atoms with Gasteiger partial charge in [-0.05, 0) is 36.8 Å². The summed E-state index contributed by atoms with van der Waals surface area (Å²) in [5, 5.41) is 0.